The van der Waals surface area contributed by atoms with Crippen molar-refractivity contribution in [1.29, 1.82) is 0 Å². The van der Waals surface area contributed by atoms with Crippen LogP contribution in [0.5, 0.6) is 0 Å². The minimum Gasteiger partial charge on any atom is -0.451 e. The van der Waals surface area contributed by atoms with Crippen LogP contribution in [-0.2, 0) is 9.53 Å². The summed E-state index contributed by atoms with van der Waals surface area (Å²) in [5, 5.41) is 2.82. The molecule has 1 fully saturated rings. The van der Waals surface area contributed by atoms with Gasteiger partial charge in [-0.25, -0.2) is 4.79 Å². The number of hydrogen-bond donors (Lipinski definition) is 1. The number of hydrogen-bond acceptors (Lipinski definition) is 4. The zero-order valence-corrected chi connectivity index (χ0v) is 16.7. The summed E-state index contributed by atoms with van der Waals surface area (Å²) in [5.41, 5.74) is 4.56. The molecule has 28 heavy (non-hydrogen) atoms. The fourth-order valence-electron chi connectivity index (χ4n) is 3.01. The van der Waals surface area contributed by atoms with E-state index in [0.717, 1.165) is 29.5 Å². The van der Waals surface area contributed by atoms with Crippen LogP contribution >= 0.6 is 0 Å². The second-order valence-corrected chi connectivity index (χ2v) is 7.50. The number of ether oxygens (including phenoxy) is 1. The van der Waals surface area contributed by atoms with Crippen molar-refractivity contribution in [3.8, 4) is 0 Å². The number of amides is 1. The van der Waals surface area contributed by atoms with E-state index < -0.39 is 12.1 Å². The van der Waals surface area contributed by atoms with Gasteiger partial charge in [-0.3, -0.25) is 9.59 Å². The minimum atomic E-state index is -0.887. The lowest BCUT2D eigenvalue weighted by molar-refractivity contribution is -0.117. The van der Waals surface area contributed by atoms with Gasteiger partial charge in [-0.05, 0) is 87.6 Å². The molecule has 5 heteroatoms. The van der Waals surface area contributed by atoms with Crippen molar-refractivity contribution in [2.45, 2.75) is 46.6 Å². The van der Waals surface area contributed by atoms with Crippen molar-refractivity contribution in [3.63, 3.8) is 0 Å². The highest BCUT2D eigenvalue weighted by Gasteiger charge is 2.29. The van der Waals surface area contributed by atoms with Gasteiger partial charge in [0.15, 0.2) is 6.10 Å². The molecule has 0 bridgehead atoms. The molecule has 1 atom stereocenters. The number of aryl methyl sites for hydroxylation is 3. The molecular weight excluding hydrogens is 354 g/mol. The van der Waals surface area contributed by atoms with Crippen LogP contribution in [0.4, 0.5) is 5.69 Å². The lowest BCUT2D eigenvalue weighted by Crippen LogP contribution is -2.25. The van der Waals surface area contributed by atoms with Gasteiger partial charge in [-0.2, -0.15) is 0 Å². The molecule has 5 nitrogen and oxygen atoms in total. The Morgan fingerprint density at radius 1 is 0.964 bits per heavy atom. The highest BCUT2D eigenvalue weighted by atomic mass is 16.5. The molecule has 1 aliphatic carbocycles. The third-order valence-corrected chi connectivity index (χ3v) is 5.10. The molecule has 146 valence electrons. The fraction of sp³-hybridized carbons (Fsp3) is 0.348. The monoisotopic (exact) mass is 379 g/mol. The van der Waals surface area contributed by atoms with Crippen molar-refractivity contribution in [2.24, 2.45) is 5.92 Å². The summed E-state index contributed by atoms with van der Waals surface area (Å²) >= 11 is 0. The second-order valence-electron chi connectivity index (χ2n) is 7.50. The number of nitrogens with one attached hydrogen (secondary N) is 1. The van der Waals surface area contributed by atoms with Crippen molar-refractivity contribution in [2.75, 3.05) is 5.32 Å². The Bertz CT molecular complexity index is 926. The van der Waals surface area contributed by atoms with Gasteiger partial charge in [0.2, 0.25) is 11.7 Å². The Morgan fingerprint density at radius 3 is 2.18 bits per heavy atom. The Hall–Kier alpha value is -2.95. The van der Waals surface area contributed by atoms with Crippen molar-refractivity contribution >= 4 is 23.3 Å². The summed E-state index contributed by atoms with van der Waals surface area (Å²) < 4.78 is 5.37. The molecule has 0 heterocycles. The summed E-state index contributed by atoms with van der Waals surface area (Å²) in [6.07, 6.45) is 0.979. The molecule has 1 N–H and O–H groups in total. The Balaban J connectivity index is 1.64. The fourth-order valence-corrected chi connectivity index (χ4v) is 3.01. The number of carbonyl (C=O) groups is 3. The van der Waals surface area contributed by atoms with Gasteiger partial charge in [0.25, 0.3) is 0 Å². The lowest BCUT2D eigenvalue weighted by Gasteiger charge is -2.15. The Labute approximate surface area is 165 Å². The number of ketones is 1. The first-order valence-electron chi connectivity index (χ1n) is 9.50. The largest absolute Gasteiger partial charge is 0.451 e. The van der Waals surface area contributed by atoms with Gasteiger partial charge in [-0.15, -0.1) is 0 Å². The number of Topliss-reactive ketones (excluding diaryl/α,β-unsaturated/α-hetero) is 1. The number of benzene rings is 2. The summed E-state index contributed by atoms with van der Waals surface area (Å²) in [5.74, 6) is -0.659. The number of esters is 1. The van der Waals surface area contributed by atoms with Crippen LogP contribution in [0.15, 0.2) is 36.4 Å². The maximum atomic E-state index is 12.7. The quantitative estimate of drug-likeness (QED) is 0.597. The molecule has 1 amide bonds. The van der Waals surface area contributed by atoms with E-state index in [0.29, 0.717) is 16.8 Å². The highest BCUT2D eigenvalue weighted by molar-refractivity contribution is 6.02. The maximum Gasteiger partial charge on any atom is 0.338 e. The predicted octanol–water partition coefficient (Wildman–Crippen LogP) is 4.39. The molecule has 0 spiro atoms. The van der Waals surface area contributed by atoms with Crippen LogP contribution in [0.2, 0.25) is 0 Å². The molecular formula is C23H25NO4. The lowest BCUT2D eigenvalue weighted by atomic mass is 9.96. The average Bonchev–Trinajstić information content (AvgIpc) is 3.50. The van der Waals surface area contributed by atoms with E-state index in [1.807, 2.05) is 32.9 Å². The van der Waals surface area contributed by atoms with Gasteiger partial charge in [0, 0.05) is 17.2 Å². The van der Waals surface area contributed by atoms with E-state index >= 15 is 0 Å². The van der Waals surface area contributed by atoms with Crippen LogP contribution in [0.1, 0.15) is 57.2 Å². The van der Waals surface area contributed by atoms with Gasteiger partial charge >= 0.3 is 5.97 Å². The third kappa shape index (κ3) is 4.47. The summed E-state index contributed by atoms with van der Waals surface area (Å²) in [6.45, 7) is 7.41. The van der Waals surface area contributed by atoms with E-state index in [1.54, 1.807) is 31.2 Å². The predicted molar refractivity (Wildman–Crippen MR) is 108 cm³/mol. The second kappa shape index (κ2) is 7.97. The summed E-state index contributed by atoms with van der Waals surface area (Å²) in [6, 6.07) is 10.3. The average molecular weight is 379 g/mol. The first kappa shape index (κ1) is 19.8. The van der Waals surface area contributed by atoms with Crippen molar-refractivity contribution in [1.82, 2.24) is 0 Å². The van der Waals surface area contributed by atoms with E-state index in [-0.39, 0.29) is 17.6 Å². The van der Waals surface area contributed by atoms with Crippen LogP contribution in [0.25, 0.3) is 0 Å². The topological polar surface area (TPSA) is 72.5 Å². The van der Waals surface area contributed by atoms with E-state index in [2.05, 4.69) is 5.32 Å². The normalized spacial score (nSPS) is 14.3. The summed E-state index contributed by atoms with van der Waals surface area (Å²) in [4.78, 5) is 36.9. The highest BCUT2D eigenvalue weighted by Crippen LogP contribution is 2.30. The molecule has 0 aliphatic heterocycles. The summed E-state index contributed by atoms with van der Waals surface area (Å²) in [7, 11) is 0. The zero-order chi connectivity index (χ0) is 20.4. The standard InChI is InChI=1S/C23H25NO4/c1-13-11-15(3)20(12-14(13)2)21(25)16(4)28-23(27)18-7-9-19(10-8-18)24-22(26)17-5-6-17/h7-12,16-17H,5-6H2,1-4H3,(H,24,26). The van der Waals surface area contributed by atoms with Crippen LogP contribution in [0, 0.1) is 26.7 Å². The zero-order valence-electron chi connectivity index (χ0n) is 16.7. The first-order valence-corrected chi connectivity index (χ1v) is 9.50. The molecule has 2 aromatic carbocycles. The molecule has 3 rings (SSSR count). The SMILES string of the molecule is Cc1cc(C)c(C(=O)C(C)OC(=O)c2ccc(NC(=O)C3CC3)cc2)cc1C. The number of anilines is 1. The molecule has 1 aliphatic rings. The molecule has 0 radical (unpaired) electrons. The van der Waals surface area contributed by atoms with Gasteiger partial charge in [0.1, 0.15) is 0 Å². The van der Waals surface area contributed by atoms with Gasteiger partial charge in [-0.1, -0.05) is 6.07 Å². The molecule has 1 unspecified atom stereocenters. The van der Waals surface area contributed by atoms with Crippen LogP contribution in [0.3, 0.4) is 0 Å². The molecule has 2 aromatic rings. The van der Waals surface area contributed by atoms with Gasteiger partial charge in [0.05, 0.1) is 5.56 Å². The maximum absolute atomic E-state index is 12.7. The molecule has 0 aromatic heterocycles. The Morgan fingerprint density at radius 2 is 1.57 bits per heavy atom. The van der Waals surface area contributed by atoms with Crippen molar-refractivity contribution < 1.29 is 19.1 Å². The van der Waals surface area contributed by atoms with Crippen LogP contribution < -0.4 is 5.32 Å². The number of carbonyl (C=O) groups excluding carboxylic acids is 3. The van der Waals surface area contributed by atoms with E-state index in [4.69, 9.17) is 4.74 Å². The van der Waals surface area contributed by atoms with Crippen LogP contribution in [-0.4, -0.2) is 23.8 Å². The van der Waals surface area contributed by atoms with E-state index in [1.165, 1.54) is 0 Å². The number of rotatable bonds is 6. The van der Waals surface area contributed by atoms with Gasteiger partial charge < -0.3 is 10.1 Å². The van der Waals surface area contributed by atoms with E-state index in [9.17, 15) is 14.4 Å². The molecule has 1 saturated carbocycles. The Kier molecular flexibility index (Phi) is 5.63. The first-order chi connectivity index (χ1) is 13.3. The third-order valence-electron chi connectivity index (χ3n) is 5.10. The van der Waals surface area contributed by atoms with Crippen molar-refractivity contribution in [3.05, 3.63) is 64.2 Å². The molecule has 0 saturated heterocycles. The minimum absolute atomic E-state index is 0.0123. The smallest absolute Gasteiger partial charge is 0.338 e.